The molecule has 1 aromatic carbocycles. The van der Waals surface area contributed by atoms with Crippen LogP contribution in [0.4, 0.5) is 0 Å². The van der Waals surface area contributed by atoms with E-state index in [-0.39, 0.29) is 0 Å². The Kier molecular flexibility index (Phi) is 3.18. The molecular formula is C13H10N6S. The Hall–Kier alpha value is -2.67. The van der Waals surface area contributed by atoms with Crippen LogP contribution in [0.15, 0.2) is 48.7 Å². The maximum atomic E-state index is 5.52. The molecule has 0 saturated carbocycles. The van der Waals surface area contributed by atoms with Gasteiger partial charge in [0, 0.05) is 17.3 Å². The van der Waals surface area contributed by atoms with E-state index in [0.29, 0.717) is 22.2 Å². The molecule has 0 aliphatic carbocycles. The number of nitrogens with two attached hydrogens (primary N) is 1. The number of hydrogen-bond acceptors (Lipinski definition) is 5. The molecule has 0 radical (unpaired) electrons. The largest absolute Gasteiger partial charge is 0.389 e. The number of hydrogen-bond donors (Lipinski definition) is 1. The Bertz CT molecular complexity index is 735. The molecule has 0 unspecified atom stereocenters. The van der Waals surface area contributed by atoms with Crippen LogP contribution < -0.4 is 5.73 Å². The van der Waals surface area contributed by atoms with Crippen molar-refractivity contribution in [1.29, 1.82) is 0 Å². The molecule has 98 valence electrons. The van der Waals surface area contributed by atoms with Gasteiger partial charge in [-0.1, -0.05) is 42.5 Å². The molecule has 0 fully saturated rings. The maximum absolute atomic E-state index is 5.52. The summed E-state index contributed by atoms with van der Waals surface area (Å²) in [6.45, 7) is 0. The third-order valence-corrected chi connectivity index (χ3v) is 2.92. The number of nitrogens with zero attached hydrogens (tertiary/aromatic N) is 5. The van der Waals surface area contributed by atoms with Gasteiger partial charge in [-0.3, -0.25) is 0 Å². The summed E-state index contributed by atoms with van der Waals surface area (Å²) in [6, 6.07) is 13.1. The topological polar surface area (TPSA) is 82.5 Å². The second-order valence-electron chi connectivity index (χ2n) is 4.04. The van der Waals surface area contributed by atoms with Crippen molar-refractivity contribution < 1.29 is 0 Å². The summed E-state index contributed by atoms with van der Waals surface area (Å²) in [7, 11) is 0. The van der Waals surface area contributed by atoms with Gasteiger partial charge in [0.25, 0.3) is 0 Å². The first-order valence-electron chi connectivity index (χ1n) is 5.86. The van der Waals surface area contributed by atoms with Gasteiger partial charge in [-0.15, -0.1) is 15.0 Å². The van der Waals surface area contributed by atoms with E-state index in [0.717, 1.165) is 5.56 Å². The lowest BCUT2D eigenvalue weighted by Crippen LogP contribution is -2.10. The smallest absolute Gasteiger partial charge is 0.205 e. The van der Waals surface area contributed by atoms with E-state index in [1.807, 2.05) is 30.3 Å². The molecule has 0 atom stereocenters. The van der Waals surface area contributed by atoms with Crippen LogP contribution in [0.5, 0.6) is 0 Å². The van der Waals surface area contributed by atoms with E-state index in [2.05, 4.69) is 20.4 Å². The van der Waals surface area contributed by atoms with Crippen molar-refractivity contribution in [2.45, 2.75) is 0 Å². The lowest BCUT2D eigenvalue weighted by Gasteiger charge is -1.99. The van der Waals surface area contributed by atoms with E-state index in [1.165, 1.54) is 4.80 Å². The molecular weight excluding hydrogens is 272 g/mol. The quantitative estimate of drug-likeness (QED) is 0.730. The number of aromatic nitrogens is 5. The van der Waals surface area contributed by atoms with Crippen molar-refractivity contribution in [2.75, 3.05) is 0 Å². The minimum atomic E-state index is 0.306. The van der Waals surface area contributed by atoms with Crippen LogP contribution in [0.25, 0.3) is 17.2 Å². The molecule has 2 heterocycles. The number of benzene rings is 1. The van der Waals surface area contributed by atoms with Crippen molar-refractivity contribution >= 4 is 17.2 Å². The van der Waals surface area contributed by atoms with Gasteiger partial charge in [-0.25, -0.2) is 4.98 Å². The first-order chi connectivity index (χ1) is 9.74. The summed E-state index contributed by atoms with van der Waals surface area (Å²) in [4.78, 5) is 5.88. The van der Waals surface area contributed by atoms with E-state index in [4.69, 9.17) is 18.0 Å². The predicted molar refractivity (Wildman–Crippen MR) is 78.3 cm³/mol. The molecule has 0 aliphatic heterocycles. The third kappa shape index (κ3) is 2.39. The summed E-state index contributed by atoms with van der Waals surface area (Å²) in [5.74, 6) is 1.10. The fraction of sp³-hybridized carbons (Fsp3) is 0. The van der Waals surface area contributed by atoms with Crippen LogP contribution in [0, 0.1) is 0 Å². The van der Waals surface area contributed by atoms with E-state index < -0.39 is 0 Å². The van der Waals surface area contributed by atoms with Crippen LogP contribution in [-0.4, -0.2) is 30.2 Å². The van der Waals surface area contributed by atoms with Crippen molar-refractivity contribution in [3.63, 3.8) is 0 Å². The van der Waals surface area contributed by atoms with Gasteiger partial charge in [-0.05, 0) is 17.3 Å². The maximum Gasteiger partial charge on any atom is 0.205 e. The van der Waals surface area contributed by atoms with Crippen LogP contribution in [0.1, 0.15) is 5.56 Å². The van der Waals surface area contributed by atoms with Crippen LogP contribution in [0.3, 0.4) is 0 Å². The fourth-order valence-electron chi connectivity index (χ4n) is 1.66. The molecule has 0 aliphatic rings. The van der Waals surface area contributed by atoms with Gasteiger partial charge in [0.15, 0.2) is 5.82 Å². The van der Waals surface area contributed by atoms with Gasteiger partial charge < -0.3 is 5.73 Å². The minimum Gasteiger partial charge on any atom is -0.389 e. The number of thiocarbonyl (C=S) groups is 1. The van der Waals surface area contributed by atoms with Crippen LogP contribution in [-0.2, 0) is 0 Å². The fourth-order valence-corrected chi connectivity index (χ4v) is 1.79. The predicted octanol–water partition coefficient (Wildman–Crippen LogP) is 1.36. The molecule has 3 rings (SSSR count). The van der Waals surface area contributed by atoms with Crippen molar-refractivity contribution in [1.82, 2.24) is 25.2 Å². The minimum absolute atomic E-state index is 0.306. The third-order valence-electron chi connectivity index (χ3n) is 2.68. The lowest BCUT2D eigenvalue weighted by molar-refractivity contribution is 0.700. The van der Waals surface area contributed by atoms with Crippen LogP contribution in [0.2, 0.25) is 0 Å². The Morgan fingerprint density at radius 1 is 1.10 bits per heavy atom. The van der Waals surface area contributed by atoms with Crippen molar-refractivity contribution in [3.05, 3.63) is 54.2 Å². The normalized spacial score (nSPS) is 10.4. The van der Waals surface area contributed by atoms with Gasteiger partial charge >= 0.3 is 0 Å². The average Bonchev–Trinajstić information content (AvgIpc) is 2.98. The second kappa shape index (κ2) is 5.14. The molecule has 2 aromatic heterocycles. The second-order valence-corrected chi connectivity index (χ2v) is 4.48. The van der Waals surface area contributed by atoms with E-state index in [9.17, 15) is 0 Å². The molecule has 0 saturated heterocycles. The zero-order valence-corrected chi connectivity index (χ0v) is 11.2. The van der Waals surface area contributed by atoms with Gasteiger partial charge in [0.1, 0.15) is 4.99 Å². The summed E-state index contributed by atoms with van der Waals surface area (Å²) < 4.78 is 0. The van der Waals surface area contributed by atoms with Gasteiger partial charge in [-0.2, -0.15) is 0 Å². The highest BCUT2D eigenvalue weighted by Gasteiger charge is 2.07. The van der Waals surface area contributed by atoms with E-state index in [1.54, 1.807) is 18.3 Å². The number of pyridine rings is 1. The number of rotatable bonds is 3. The monoisotopic (exact) mass is 282 g/mol. The Labute approximate surface area is 120 Å². The Balaban J connectivity index is 1.92. The van der Waals surface area contributed by atoms with Crippen molar-refractivity contribution in [3.8, 4) is 17.2 Å². The zero-order chi connectivity index (χ0) is 13.9. The standard InChI is InChI=1S/C13H10N6S/c14-12(20)10-6-7-11(15-8-10)19-17-13(16-18-19)9-4-2-1-3-5-9/h1-8H,(H2,14,20). The summed E-state index contributed by atoms with van der Waals surface area (Å²) in [5.41, 5.74) is 7.13. The summed E-state index contributed by atoms with van der Waals surface area (Å²) in [6.07, 6.45) is 1.59. The molecule has 7 heteroatoms. The highest BCUT2D eigenvalue weighted by atomic mass is 32.1. The highest BCUT2D eigenvalue weighted by Crippen LogP contribution is 2.13. The number of tetrazole rings is 1. The average molecular weight is 282 g/mol. The molecule has 0 amide bonds. The van der Waals surface area contributed by atoms with Gasteiger partial charge in [0.2, 0.25) is 5.82 Å². The summed E-state index contributed by atoms with van der Waals surface area (Å²) in [5, 5.41) is 12.3. The SMILES string of the molecule is NC(=S)c1ccc(-n2nnc(-c3ccccc3)n2)nc1. The lowest BCUT2D eigenvalue weighted by atomic mass is 10.2. The molecule has 6 nitrogen and oxygen atoms in total. The molecule has 20 heavy (non-hydrogen) atoms. The highest BCUT2D eigenvalue weighted by molar-refractivity contribution is 7.80. The molecule has 3 aromatic rings. The summed E-state index contributed by atoms with van der Waals surface area (Å²) >= 11 is 4.88. The zero-order valence-electron chi connectivity index (χ0n) is 10.3. The van der Waals surface area contributed by atoms with Crippen LogP contribution >= 0.6 is 12.2 Å². The first kappa shape index (κ1) is 12.4. The Morgan fingerprint density at radius 3 is 2.55 bits per heavy atom. The Morgan fingerprint density at radius 2 is 1.90 bits per heavy atom. The van der Waals surface area contributed by atoms with Gasteiger partial charge in [0.05, 0.1) is 0 Å². The molecule has 0 bridgehead atoms. The first-order valence-corrected chi connectivity index (χ1v) is 6.26. The van der Waals surface area contributed by atoms with E-state index >= 15 is 0 Å². The van der Waals surface area contributed by atoms with Crippen molar-refractivity contribution in [2.24, 2.45) is 5.73 Å². The molecule has 2 N–H and O–H groups in total. The molecule has 0 spiro atoms.